The number of ether oxygens (including phenoxy) is 2. The average molecular weight is 249 g/mol. The van der Waals surface area contributed by atoms with E-state index in [2.05, 4.69) is 29.6 Å². The molecule has 3 nitrogen and oxygen atoms in total. The van der Waals surface area contributed by atoms with E-state index in [4.69, 9.17) is 9.47 Å². The van der Waals surface area contributed by atoms with E-state index in [-0.39, 0.29) is 0 Å². The van der Waals surface area contributed by atoms with Gasteiger partial charge in [0.2, 0.25) is 0 Å². The lowest BCUT2D eigenvalue weighted by Crippen LogP contribution is -2.15. The second-order valence-electron chi connectivity index (χ2n) is 4.87. The van der Waals surface area contributed by atoms with Crippen molar-refractivity contribution < 1.29 is 9.47 Å². The van der Waals surface area contributed by atoms with Crippen LogP contribution in [0.25, 0.3) is 0 Å². The molecule has 1 aromatic rings. The Morgan fingerprint density at radius 1 is 1.11 bits per heavy atom. The Bertz CT molecular complexity index is 333. The highest BCUT2D eigenvalue weighted by Gasteiger charge is 2.19. The summed E-state index contributed by atoms with van der Waals surface area (Å²) in [7, 11) is 1.72. The molecule has 0 unspecified atom stereocenters. The second-order valence-corrected chi connectivity index (χ2v) is 4.87. The molecule has 0 saturated heterocycles. The number of methoxy groups -OCH3 is 1. The van der Waals surface area contributed by atoms with Gasteiger partial charge in [-0.15, -0.1) is 0 Å². The molecule has 2 rings (SSSR count). The molecule has 0 bridgehead atoms. The third-order valence-electron chi connectivity index (χ3n) is 3.10. The van der Waals surface area contributed by atoms with Gasteiger partial charge in [-0.05, 0) is 30.4 Å². The largest absolute Gasteiger partial charge is 0.385 e. The molecule has 1 saturated carbocycles. The fraction of sp³-hybridized carbons (Fsp3) is 0.600. The Hall–Kier alpha value is -0.900. The van der Waals surface area contributed by atoms with E-state index < -0.39 is 0 Å². The zero-order chi connectivity index (χ0) is 12.6. The molecular weight excluding hydrogens is 226 g/mol. The van der Waals surface area contributed by atoms with Crippen LogP contribution in [-0.2, 0) is 22.6 Å². The van der Waals surface area contributed by atoms with Gasteiger partial charge in [0.15, 0.2) is 0 Å². The third-order valence-corrected chi connectivity index (χ3v) is 3.10. The molecule has 1 N–H and O–H groups in total. The number of hydrogen-bond donors (Lipinski definition) is 1. The maximum Gasteiger partial charge on any atom is 0.0716 e. The van der Waals surface area contributed by atoms with Crippen LogP contribution in [0.5, 0.6) is 0 Å². The van der Waals surface area contributed by atoms with E-state index in [1.54, 1.807) is 7.11 Å². The highest BCUT2D eigenvalue weighted by molar-refractivity contribution is 5.22. The van der Waals surface area contributed by atoms with Crippen molar-refractivity contribution in [3.8, 4) is 0 Å². The quantitative estimate of drug-likeness (QED) is 0.682. The molecule has 0 aromatic heterocycles. The van der Waals surface area contributed by atoms with E-state index in [0.29, 0.717) is 6.61 Å². The maximum absolute atomic E-state index is 5.57. The van der Waals surface area contributed by atoms with Gasteiger partial charge in [-0.3, -0.25) is 0 Å². The summed E-state index contributed by atoms with van der Waals surface area (Å²) in [5.41, 5.74) is 2.59. The van der Waals surface area contributed by atoms with E-state index in [1.165, 1.54) is 24.0 Å². The van der Waals surface area contributed by atoms with Crippen molar-refractivity contribution in [2.75, 3.05) is 20.3 Å². The van der Waals surface area contributed by atoms with E-state index in [9.17, 15) is 0 Å². The summed E-state index contributed by atoms with van der Waals surface area (Å²) >= 11 is 0. The molecule has 0 aliphatic heterocycles. The molecule has 0 spiro atoms. The summed E-state index contributed by atoms with van der Waals surface area (Å²) in [6.45, 7) is 3.21. The van der Waals surface area contributed by atoms with Crippen LogP contribution in [-0.4, -0.2) is 26.4 Å². The molecule has 1 aliphatic carbocycles. The molecule has 0 atom stereocenters. The van der Waals surface area contributed by atoms with Gasteiger partial charge >= 0.3 is 0 Å². The van der Waals surface area contributed by atoms with Crippen LogP contribution < -0.4 is 5.32 Å². The molecule has 0 radical (unpaired) electrons. The molecular formula is C15H23NO2. The van der Waals surface area contributed by atoms with Gasteiger partial charge in [-0.1, -0.05) is 24.3 Å². The minimum absolute atomic E-state index is 0.694. The van der Waals surface area contributed by atoms with E-state index >= 15 is 0 Å². The highest BCUT2D eigenvalue weighted by atomic mass is 16.5. The van der Waals surface area contributed by atoms with Crippen molar-refractivity contribution in [3.05, 3.63) is 35.4 Å². The van der Waals surface area contributed by atoms with Crippen LogP contribution in [0.15, 0.2) is 24.3 Å². The van der Waals surface area contributed by atoms with Crippen LogP contribution in [0.3, 0.4) is 0 Å². The molecule has 1 fully saturated rings. The lowest BCUT2D eigenvalue weighted by atomic mass is 10.1. The molecule has 18 heavy (non-hydrogen) atoms. The summed E-state index contributed by atoms with van der Waals surface area (Å²) in [5.74, 6) is 0. The lowest BCUT2D eigenvalue weighted by molar-refractivity contribution is 0.0928. The third kappa shape index (κ3) is 5.17. The predicted octanol–water partition coefficient (Wildman–Crippen LogP) is 2.49. The number of hydrogen-bond acceptors (Lipinski definition) is 3. The van der Waals surface area contributed by atoms with E-state index in [0.717, 1.165) is 32.2 Å². The lowest BCUT2D eigenvalue weighted by Gasteiger charge is -2.06. The Labute approximate surface area is 109 Å². The van der Waals surface area contributed by atoms with Crippen LogP contribution >= 0.6 is 0 Å². The molecule has 100 valence electrons. The van der Waals surface area contributed by atoms with Crippen molar-refractivity contribution in [3.63, 3.8) is 0 Å². The average Bonchev–Trinajstić information content (AvgIpc) is 3.22. The van der Waals surface area contributed by atoms with Gasteiger partial charge in [0.1, 0.15) is 0 Å². The molecule has 3 heteroatoms. The standard InChI is InChI=1S/C15H23NO2/c1-17-9-2-10-18-12-14-5-3-13(4-6-14)11-16-15-7-8-15/h3-6,15-16H,2,7-12H2,1H3. The fourth-order valence-corrected chi connectivity index (χ4v) is 1.80. The van der Waals surface area contributed by atoms with Gasteiger partial charge in [-0.25, -0.2) is 0 Å². The highest BCUT2D eigenvalue weighted by Crippen LogP contribution is 2.19. The van der Waals surface area contributed by atoms with Gasteiger partial charge in [0.05, 0.1) is 6.61 Å². The zero-order valence-corrected chi connectivity index (χ0v) is 11.2. The van der Waals surface area contributed by atoms with E-state index in [1.807, 2.05) is 0 Å². The monoisotopic (exact) mass is 249 g/mol. The van der Waals surface area contributed by atoms with Crippen molar-refractivity contribution in [1.82, 2.24) is 5.32 Å². The summed E-state index contributed by atoms with van der Waals surface area (Å²) in [5, 5.41) is 3.51. The first-order chi connectivity index (χ1) is 8.88. The Kier molecular flexibility index (Phi) is 5.65. The number of nitrogens with one attached hydrogen (secondary N) is 1. The van der Waals surface area contributed by atoms with Gasteiger partial charge in [0.25, 0.3) is 0 Å². The van der Waals surface area contributed by atoms with Gasteiger partial charge in [0, 0.05) is 32.9 Å². The maximum atomic E-state index is 5.57. The summed E-state index contributed by atoms with van der Waals surface area (Å²) in [4.78, 5) is 0. The fourth-order valence-electron chi connectivity index (χ4n) is 1.80. The molecule has 0 amide bonds. The summed E-state index contributed by atoms with van der Waals surface area (Å²) in [6, 6.07) is 9.45. The van der Waals surface area contributed by atoms with Crippen molar-refractivity contribution in [2.45, 2.75) is 38.5 Å². The second kappa shape index (κ2) is 7.52. The zero-order valence-electron chi connectivity index (χ0n) is 11.2. The smallest absolute Gasteiger partial charge is 0.0716 e. The van der Waals surface area contributed by atoms with Crippen LogP contribution in [0, 0.1) is 0 Å². The normalized spacial score (nSPS) is 14.9. The van der Waals surface area contributed by atoms with Gasteiger partial charge in [-0.2, -0.15) is 0 Å². The minimum Gasteiger partial charge on any atom is -0.385 e. The molecule has 1 aromatic carbocycles. The van der Waals surface area contributed by atoms with Crippen LogP contribution in [0.1, 0.15) is 30.4 Å². The summed E-state index contributed by atoms with van der Waals surface area (Å²) in [6.07, 6.45) is 3.64. The van der Waals surface area contributed by atoms with Gasteiger partial charge < -0.3 is 14.8 Å². The van der Waals surface area contributed by atoms with Crippen molar-refractivity contribution in [2.24, 2.45) is 0 Å². The Morgan fingerprint density at radius 3 is 2.50 bits per heavy atom. The minimum atomic E-state index is 0.694. The SMILES string of the molecule is COCCCOCc1ccc(CNC2CC2)cc1. The van der Waals surface area contributed by atoms with Crippen LogP contribution in [0.4, 0.5) is 0 Å². The van der Waals surface area contributed by atoms with Crippen molar-refractivity contribution >= 4 is 0 Å². The summed E-state index contributed by atoms with van der Waals surface area (Å²) < 4.78 is 10.5. The molecule has 0 heterocycles. The first-order valence-electron chi connectivity index (χ1n) is 6.76. The number of rotatable bonds is 9. The predicted molar refractivity (Wildman–Crippen MR) is 72.5 cm³/mol. The molecule has 1 aliphatic rings. The Morgan fingerprint density at radius 2 is 1.83 bits per heavy atom. The topological polar surface area (TPSA) is 30.5 Å². The number of benzene rings is 1. The first-order valence-corrected chi connectivity index (χ1v) is 6.76. The first kappa shape index (κ1) is 13.5. The Balaban J connectivity index is 1.63. The van der Waals surface area contributed by atoms with Crippen LogP contribution in [0.2, 0.25) is 0 Å². The van der Waals surface area contributed by atoms with Crippen molar-refractivity contribution in [1.29, 1.82) is 0 Å².